The van der Waals surface area contributed by atoms with Crippen LogP contribution in [-0.4, -0.2) is 31.1 Å². The smallest absolute Gasteiger partial charge is 0.163 e. The fraction of sp³-hybridized carbons (Fsp3) is 0.588. The lowest BCUT2D eigenvalue weighted by molar-refractivity contribution is -0.138. The highest BCUT2D eigenvalue weighted by atomic mass is 16.7. The lowest BCUT2D eigenvalue weighted by Crippen LogP contribution is -2.52. The maximum Gasteiger partial charge on any atom is 0.163 e. The van der Waals surface area contributed by atoms with E-state index in [1.54, 1.807) is 0 Å². The first-order valence-electron chi connectivity index (χ1n) is 7.55. The van der Waals surface area contributed by atoms with Gasteiger partial charge in [-0.05, 0) is 32.3 Å². The number of rotatable bonds is 4. The molecule has 3 rings (SSSR count). The van der Waals surface area contributed by atoms with Gasteiger partial charge in [-0.1, -0.05) is 30.3 Å². The van der Waals surface area contributed by atoms with Gasteiger partial charge in [-0.25, -0.2) is 0 Å². The third-order valence-electron chi connectivity index (χ3n) is 4.43. The fourth-order valence-corrected chi connectivity index (χ4v) is 3.24. The molecule has 2 fully saturated rings. The molecule has 1 heterocycles. The van der Waals surface area contributed by atoms with Crippen LogP contribution in [0.15, 0.2) is 30.3 Å². The molecule has 1 N–H and O–H groups in total. The summed E-state index contributed by atoms with van der Waals surface area (Å²) in [6, 6.07) is 13.0. The molecule has 2 aliphatic rings. The summed E-state index contributed by atoms with van der Waals surface area (Å²) in [4.78, 5) is 0. The normalized spacial score (nSPS) is 34.1. The van der Waals surface area contributed by atoms with E-state index >= 15 is 0 Å². The maximum absolute atomic E-state index is 9.53. The van der Waals surface area contributed by atoms with Crippen LogP contribution in [0.5, 0.6) is 0 Å². The highest BCUT2D eigenvalue weighted by Gasteiger charge is 2.46. The molecule has 21 heavy (non-hydrogen) atoms. The standard InChI is InChI=1S/C17H22N2O2/c1-16(2)20-11-15(21-16)10-19-14-8-17(9-14,12-18)13-6-4-3-5-7-13/h3-7,14-15,19H,8-11H2,1-2H3. The van der Waals surface area contributed by atoms with Gasteiger partial charge in [0.2, 0.25) is 0 Å². The number of nitrogens with one attached hydrogen (secondary N) is 1. The van der Waals surface area contributed by atoms with Gasteiger partial charge in [0.15, 0.2) is 5.79 Å². The van der Waals surface area contributed by atoms with Crippen LogP contribution in [0, 0.1) is 11.3 Å². The van der Waals surface area contributed by atoms with E-state index in [1.165, 1.54) is 0 Å². The van der Waals surface area contributed by atoms with Gasteiger partial charge in [-0.15, -0.1) is 0 Å². The van der Waals surface area contributed by atoms with E-state index in [0.717, 1.165) is 24.9 Å². The Hall–Kier alpha value is -1.41. The van der Waals surface area contributed by atoms with Crippen LogP contribution in [0.2, 0.25) is 0 Å². The second-order valence-electron chi connectivity index (χ2n) is 6.52. The Morgan fingerprint density at radius 2 is 2.00 bits per heavy atom. The lowest BCUT2D eigenvalue weighted by atomic mass is 9.62. The first kappa shape index (κ1) is 14.5. The van der Waals surface area contributed by atoms with Gasteiger partial charge in [0, 0.05) is 12.6 Å². The number of hydrogen-bond donors (Lipinski definition) is 1. The van der Waals surface area contributed by atoms with Crippen molar-refractivity contribution in [3.63, 3.8) is 0 Å². The summed E-state index contributed by atoms with van der Waals surface area (Å²) in [6.45, 7) is 5.29. The molecule has 4 heteroatoms. The third-order valence-corrected chi connectivity index (χ3v) is 4.43. The molecule has 1 aliphatic heterocycles. The maximum atomic E-state index is 9.53. The minimum atomic E-state index is -0.466. The Kier molecular flexibility index (Phi) is 3.75. The first-order chi connectivity index (χ1) is 10.0. The molecule has 0 bridgehead atoms. The van der Waals surface area contributed by atoms with Gasteiger partial charge >= 0.3 is 0 Å². The van der Waals surface area contributed by atoms with E-state index in [-0.39, 0.29) is 11.5 Å². The van der Waals surface area contributed by atoms with Crippen LogP contribution in [0.4, 0.5) is 0 Å². The topological polar surface area (TPSA) is 54.3 Å². The van der Waals surface area contributed by atoms with Crippen molar-refractivity contribution in [2.45, 2.75) is 50.0 Å². The summed E-state index contributed by atoms with van der Waals surface area (Å²) in [7, 11) is 0. The minimum absolute atomic E-state index is 0.105. The van der Waals surface area contributed by atoms with Crippen LogP contribution in [0.1, 0.15) is 32.3 Å². The van der Waals surface area contributed by atoms with Crippen molar-refractivity contribution in [2.75, 3.05) is 13.2 Å². The van der Waals surface area contributed by atoms with Gasteiger partial charge < -0.3 is 14.8 Å². The monoisotopic (exact) mass is 286 g/mol. The largest absolute Gasteiger partial charge is 0.348 e. The molecule has 0 aromatic heterocycles. The van der Waals surface area contributed by atoms with E-state index in [0.29, 0.717) is 12.6 Å². The molecule has 1 aromatic rings. The molecule has 4 nitrogen and oxygen atoms in total. The minimum Gasteiger partial charge on any atom is -0.348 e. The van der Waals surface area contributed by atoms with Gasteiger partial charge in [0.1, 0.15) is 0 Å². The van der Waals surface area contributed by atoms with E-state index in [2.05, 4.69) is 23.5 Å². The van der Waals surface area contributed by atoms with E-state index in [4.69, 9.17) is 9.47 Å². The van der Waals surface area contributed by atoms with Gasteiger partial charge in [-0.3, -0.25) is 0 Å². The highest BCUT2D eigenvalue weighted by Crippen LogP contribution is 2.43. The first-order valence-corrected chi connectivity index (χ1v) is 7.55. The highest BCUT2D eigenvalue weighted by molar-refractivity contribution is 5.36. The molecule has 0 amide bonds. The van der Waals surface area contributed by atoms with Crippen LogP contribution in [-0.2, 0) is 14.9 Å². The summed E-state index contributed by atoms with van der Waals surface area (Å²) >= 11 is 0. The second kappa shape index (κ2) is 5.42. The van der Waals surface area contributed by atoms with Crippen molar-refractivity contribution in [3.8, 4) is 6.07 Å². The number of ether oxygens (including phenoxy) is 2. The van der Waals surface area contributed by atoms with Crippen LogP contribution in [0.25, 0.3) is 0 Å². The quantitative estimate of drug-likeness (QED) is 0.923. The Balaban J connectivity index is 1.50. The molecule has 1 atom stereocenters. The van der Waals surface area contributed by atoms with Gasteiger partial charge in [0.05, 0.1) is 24.2 Å². The van der Waals surface area contributed by atoms with E-state index in [9.17, 15) is 5.26 Å². The summed E-state index contributed by atoms with van der Waals surface area (Å²) in [5.74, 6) is -0.466. The Morgan fingerprint density at radius 3 is 2.57 bits per heavy atom. The molecule has 1 unspecified atom stereocenters. The van der Waals surface area contributed by atoms with Crippen molar-refractivity contribution in [1.82, 2.24) is 5.32 Å². The molecule has 112 valence electrons. The molecular formula is C17H22N2O2. The van der Waals surface area contributed by atoms with Crippen molar-refractivity contribution in [3.05, 3.63) is 35.9 Å². The lowest BCUT2D eigenvalue weighted by Gasteiger charge is -2.43. The summed E-state index contributed by atoms with van der Waals surface area (Å²) in [5.41, 5.74) is 0.817. The Bertz CT molecular complexity index is 529. The molecule has 1 aliphatic carbocycles. The van der Waals surface area contributed by atoms with Gasteiger partial charge in [0.25, 0.3) is 0 Å². The number of hydrogen-bond acceptors (Lipinski definition) is 4. The average molecular weight is 286 g/mol. The fourth-order valence-electron chi connectivity index (χ4n) is 3.24. The van der Waals surface area contributed by atoms with E-state index in [1.807, 2.05) is 32.0 Å². The molecule has 1 aromatic carbocycles. The zero-order valence-corrected chi connectivity index (χ0v) is 12.6. The molecule has 1 saturated heterocycles. The number of benzene rings is 1. The van der Waals surface area contributed by atoms with E-state index < -0.39 is 5.79 Å². The Morgan fingerprint density at radius 1 is 1.29 bits per heavy atom. The Labute approximate surface area is 126 Å². The summed E-state index contributed by atoms with van der Waals surface area (Å²) in [5, 5.41) is 13.0. The molecule has 0 spiro atoms. The SMILES string of the molecule is CC1(C)OCC(CNC2CC(C#N)(c3ccccc3)C2)O1. The third kappa shape index (κ3) is 2.96. The van der Waals surface area contributed by atoms with Crippen LogP contribution in [0.3, 0.4) is 0 Å². The molecule has 1 saturated carbocycles. The predicted octanol–water partition coefficient (Wildman–Crippen LogP) is 2.35. The van der Waals surface area contributed by atoms with Crippen LogP contribution < -0.4 is 5.32 Å². The predicted molar refractivity (Wildman–Crippen MR) is 79.7 cm³/mol. The molecule has 0 radical (unpaired) electrons. The van der Waals surface area contributed by atoms with Crippen LogP contribution >= 0.6 is 0 Å². The molecular weight excluding hydrogens is 264 g/mol. The second-order valence-corrected chi connectivity index (χ2v) is 6.52. The van der Waals surface area contributed by atoms with Crippen molar-refractivity contribution < 1.29 is 9.47 Å². The summed E-state index contributed by atoms with van der Waals surface area (Å²) in [6.07, 6.45) is 1.84. The van der Waals surface area contributed by atoms with Crippen molar-refractivity contribution >= 4 is 0 Å². The van der Waals surface area contributed by atoms with Crippen molar-refractivity contribution in [1.29, 1.82) is 5.26 Å². The van der Waals surface area contributed by atoms with Gasteiger partial charge in [-0.2, -0.15) is 5.26 Å². The zero-order chi connectivity index (χ0) is 14.9. The zero-order valence-electron chi connectivity index (χ0n) is 12.6. The summed E-state index contributed by atoms with van der Waals surface area (Å²) < 4.78 is 11.3. The average Bonchev–Trinajstić information content (AvgIpc) is 2.78. The number of nitriles is 1. The van der Waals surface area contributed by atoms with Crippen molar-refractivity contribution in [2.24, 2.45) is 0 Å². The number of nitrogens with zero attached hydrogens (tertiary/aromatic N) is 1.